The van der Waals surface area contributed by atoms with Crippen molar-refractivity contribution in [3.8, 4) is 6.07 Å². The minimum atomic E-state index is -4.00. The summed E-state index contributed by atoms with van der Waals surface area (Å²) in [6.45, 7) is 1.92. The van der Waals surface area contributed by atoms with E-state index in [1.165, 1.54) is 44.0 Å². The third-order valence-electron chi connectivity index (χ3n) is 8.37. The number of carbonyl (C=O) groups excluding carboxylic acids is 2. The molecule has 0 amide bonds. The van der Waals surface area contributed by atoms with Crippen LogP contribution in [-0.4, -0.2) is 30.8 Å². The van der Waals surface area contributed by atoms with Crippen LogP contribution >= 0.6 is 0 Å². The van der Waals surface area contributed by atoms with Crippen LogP contribution in [0.2, 0.25) is 0 Å². The molecule has 2 saturated carbocycles. The number of anilines is 1. The Morgan fingerprint density at radius 1 is 1.10 bits per heavy atom. The highest BCUT2D eigenvalue weighted by atomic mass is 32.2. The van der Waals surface area contributed by atoms with E-state index in [1.807, 2.05) is 19.1 Å². The molecule has 206 valence electrons. The lowest BCUT2D eigenvalue weighted by Gasteiger charge is -2.41. The molecule has 0 radical (unpaired) electrons. The molecule has 2 atom stereocenters. The molecule has 39 heavy (non-hydrogen) atoms. The second-order valence-corrected chi connectivity index (χ2v) is 13.1. The number of nitrogens with zero attached hydrogens (tertiary/aromatic N) is 2. The summed E-state index contributed by atoms with van der Waals surface area (Å²) in [5, 5.41) is 8.73. The smallest absolute Gasteiger partial charge is 0.317 e. The maximum Gasteiger partial charge on any atom is 0.317 e. The maximum atomic E-state index is 13.6. The van der Waals surface area contributed by atoms with Gasteiger partial charge in [-0.15, -0.1) is 0 Å². The molecule has 2 aromatic rings. The fourth-order valence-corrected chi connectivity index (χ4v) is 6.70. The summed E-state index contributed by atoms with van der Waals surface area (Å²) in [4.78, 5) is 31.0. The molecule has 1 N–H and O–H groups in total. The van der Waals surface area contributed by atoms with E-state index >= 15 is 0 Å². The van der Waals surface area contributed by atoms with Gasteiger partial charge in [0.15, 0.2) is 10.8 Å². The Balaban J connectivity index is 1.32. The SMILES string of the molecule is CCC(c1cccc(NS(=O)(=O)c2ccc(C#N)cn2)c1)C1C(=O)CC(CCC2CC2)(CCC2CC2)OC1=O. The number of Topliss-reactive ketones (excluding diaryl/α,β-unsaturated/α-hetero) is 1. The summed E-state index contributed by atoms with van der Waals surface area (Å²) in [5.74, 6) is -0.452. The summed E-state index contributed by atoms with van der Waals surface area (Å²) in [6.07, 6.45) is 10.4. The minimum Gasteiger partial charge on any atom is -0.458 e. The molecule has 3 fully saturated rings. The monoisotopic (exact) mass is 549 g/mol. The fraction of sp³-hybridized carbons (Fsp3) is 0.533. The topological polar surface area (TPSA) is 126 Å². The summed E-state index contributed by atoms with van der Waals surface area (Å²) in [7, 11) is -4.00. The first kappa shape index (κ1) is 27.3. The summed E-state index contributed by atoms with van der Waals surface area (Å²) in [5.41, 5.74) is 0.579. The molecule has 1 aliphatic heterocycles. The van der Waals surface area contributed by atoms with Crippen LogP contribution in [0.1, 0.15) is 88.2 Å². The zero-order chi connectivity index (χ0) is 27.6. The van der Waals surface area contributed by atoms with Crippen LogP contribution in [0.5, 0.6) is 0 Å². The summed E-state index contributed by atoms with van der Waals surface area (Å²) in [6, 6.07) is 11.4. The number of aromatic nitrogens is 1. The van der Waals surface area contributed by atoms with E-state index in [9.17, 15) is 18.0 Å². The number of nitrogens with one attached hydrogen (secondary N) is 1. The van der Waals surface area contributed by atoms with E-state index in [4.69, 9.17) is 10.00 Å². The highest BCUT2D eigenvalue weighted by Crippen LogP contribution is 2.46. The zero-order valence-electron chi connectivity index (χ0n) is 22.3. The molecule has 3 aliphatic rings. The molecule has 2 unspecified atom stereocenters. The second-order valence-electron chi connectivity index (χ2n) is 11.4. The van der Waals surface area contributed by atoms with Crippen molar-refractivity contribution in [2.75, 3.05) is 4.72 Å². The van der Waals surface area contributed by atoms with Crippen molar-refractivity contribution in [3.63, 3.8) is 0 Å². The van der Waals surface area contributed by atoms with Gasteiger partial charge in [-0.25, -0.2) is 4.98 Å². The number of sulfonamides is 1. The van der Waals surface area contributed by atoms with Gasteiger partial charge in [0, 0.05) is 24.2 Å². The quantitative estimate of drug-likeness (QED) is 0.274. The van der Waals surface area contributed by atoms with Crippen LogP contribution in [0.3, 0.4) is 0 Å². The Morgan fingerprint density at radius 2 is 1.79 bits per heavy atom. The van der Waals surface area contributed by atoms with Crippen molar-refractivity contribution in [3.05, 3.63) is 53.7 Å². The lowest BCUT2D eigenvalue weighted by atomic mass is 9.74. The first-order valence-corrected chi connectivity index (χ1v) is 15.4. The van der Waals surface area contributed by atoms with E-state index in [-0.39, 0.29) is 22.8 Å². The largest absolute Gasteiger partial charge is 0.458 e. The number of nitriles is 1. The van der Waals surface area contributed by atoms with E-state index < -0.39 is 33.4 Å². The molecule has 9 heteroatoms. The minimum absolute atomic E-state index is 0.0718. The van der Waals surface area contributed by atoms with E-state index in [2.05, 4.69) is 9.71 Å². The van der Waals surface area contributed by atoms with Crippen LogP contribution in [-0.2, 0) is 24.3 Å². The Bertz CT molecular complexity index is 1340. The second kappa shape index (κ2) is 11.1. The number of hydrogen-bond acceptors (Lipinski definition) is 7. The van der Waals surface area contributed by atoms with Gasteiger partial charge in [-0.05, 0) is 73.8 Å². The van der Waals surface area contributed by atoms with Crippen LogP contribution in [0.15, 0.2) is 47.6 Å². The number of benzene rings is 1. The Kier molecular flexibility index (Phi) is 7.77. The van der Waals surface area contributed by atoms with Gasteiger partial charge in [0.2, 0.25) is 0 Å². The Morgan fingerprint density at radius 3 is 2.33 bits per heavy atom. The number of cyclic esters (lactones) is 1. The molecule has 5 rings (SSSR count). The van der Waals surface area contributed by atoms with E-state index in [0.29, 0.717) is 29.5 Å². The van der Waals surface area contributed by atoms with Crippen LogP contribution < -0.4 is 4.72 Å². The van der Waals surface area contributed by atoms with Crippen molar-refractivity contribution in [1.82, 2.24) is 4.98 Å². The molecular formula is C30H35N3O5S. The predicted molar refractivity (Wildman–Crippen MR) is 145 cm³/mol. The first-order chi connectivity index (χ1) is 18.7. The highest BCUT2D eigenvalue weighted by molar-refractivity contribution is 7.92. The lowest BCUT2D eigenvalue weighted by Crippen LogP contribution is -2.49. The van der Waals surface area contributed by atoms with E-state index in [1.54, 1.807) is 18.2 Å². The first-order valence-electron chi connectivity index (χ1n) is 14.0. The zero-order valence-corrected chi connectivity index (χ0v) is 23.1. The van der Waals surface area contributed by atoms with Crippen LogP contribution in [0.4, 0.5) is 5.69 Å². The molecule has 1 aromatic heterocycles. The molecule has 0 bridgehead atoms. The molecule has 1 aromatic carbocycles. The Labute approximate surface area is 230 Å². The molecular weight excluding hydrogens is 514 g/mol. The van der Waals surface area contributed by atoms with Crippen LogP contribution in [0, 0.1) is 29.1 Å². The van der Waals surface area contributed by atoms with Gasteiger partial charge in [-0.2, -0.15) is 13.7 Å². The number of carbonyl (C=O) groups is 2. The van der Waals surface area contributed by atoms with Gasteiger partial charge in [0.05, 0.1) is 5.56 Å². The molecule has 2 aliphatic carbocycles. The molecule has 0 spiro atoms. The number of pyridine rings is 1. The van der Waals surface area contributed by atoms with Gasteiger partial charge < -0.3 is 4.74 Å². The van der Waals surface area contributed by atoms with Crippen molar-refractivity contribution in [2.45, 2.75) is 87.7 Å². The Hall–Kier alpha value is -3.25. The number of ketones is 1. The summed E-state index contributed by atoms with van der Waals surface area (Å²) < 4.78 is 34.5. The van der Waals surface area contributed by atoms with Gasteiger partial charge >= 0.3 is 5.97 Å². The van der Waals surface area contributed by atoms with Gasteiger partial charge in [0.25, 0.3) is 10.0 Å². The number of ether oxygens (including phenoxy) is 1. The number of hydrogen-bond donors (Lipinski definition) is 1. The van der Waals surface area contributed by atoms with E-state index in [0.717, 1.165) is 25.7 Å². The van der Waals surface area contributed by atoms with Gasteiger partial charge in [0.1, 0.15) is 17.6 Å². The number of esters is 1. The standard InChI is InChI=1S/C30H35N3O5S/c1-2-25(23-4-3-5-24(16-23)33-39(36,37)27-11-10-22(18-31)19-32-27)28-26(34)17-30(38-29(28)35,14-12-20-6-7-20)15-13-21-8-9-21/h3-5,10-11,16,19-21,25,28,33H,2,6-9,12-15,17H2,1H3. The van der Waals surface area contributed by atoms with Crippen LogP contribution in [0.25, 0.3) is 0 Å². The maximum absolute atomic E-state index is 13.6. The average molecular weight is 550 g/mol. The predicted octanol–water partition coefficient (Wildman–Crippen LogP) is 5.50. The van der Waals surface area contributed by atoms with Crippen molar-refractivity contribution in [1.29, 1.82) is 5.26 Å². The van der Waals surface area contributed by atoms with Crippen molar-refractivity contribution in [2.24, 2.45) is 17.8 Å². The number of rotatable bonds is 12. The highest BCUT2D eigenvalue weighted by Gasteiger charge is 2.50. The summed E-state index contributed by atoms with van der Waals surface area (Å²) >= 11 is 0. The van der Waals surface area contributed by atoms with Crippen molar-refractivity contribution < 1.29 is 22.7 Å². The third kappa shape index (κ3) is 6.50. The third-order valence-corrected chi connectivity index (χ3v) is 9.67. The lowest BCUT2D eigenvalue weighted by molar-refractivity contribution is -0.181. The average Bonchev–Trinajstić information content (AvgIpc) is 3.84. The van der Waals surface area contributed by atoms with Crippen molar-refractivity contribution >= 4 is 27.5 Å². The molecule has 8 nitrogen and oxygen atoms in total. The molecule has 2 heterocycles. The van der Waals surface area contributed by atoms with Gasteiger partial charge in [-0.3, -0.25) is 14.3 Å². The van der Waals surface area contributed by atoms with Gasteiger partial charge in [-0.1, -0.05) is 44.7 Å². The fourth-order valence-electron chi connectivity index (χ4n) is 5.72. The normalized spacial score (nSPS) is 21.6. The molecule has 1 saturated heterocycles.